The maximum Gasteiger partial charge on any atom is 0.0923 e. The Bertz CT molecular complexity index is 415. The second kappa shape index (κ2) is 4.43. The van der Waals surface area contributed by atoms with E-state index in [-0.39, 0.29) is 0 Å². The zero-order chi connectivity index (χ0) is 12.6. The molecule has 1 aromatic rings. The van der Waals surface area contributed by atoms with Gasteiger partial charge in [0, 0.05) is 12.6 Å². The molecule has 2 heteroatoms. The van der Waals surface area contributed by atoms with E-state index in [1.165, 1.54) is 11.1 Å². The highest BCUT2D eigenvalue weighted by atomic mass is 16.3. The van der Waals surface area contributed by atoms with Gasteiger partial charge in [-0.3, -0.25) is 0 Å². The number of hydrogen-bond donors (Lipinski definition) is 1. The fourth-order valence-corrected chi connectivity index (χ4v) is 2.62. The molecular weight excluding hydrogens is 210 g/mol. The highest BCUT2D eigenvalue weighted by Crippen LogP contribution is 2.35. The number of rotatable bonds is 1. The van der Waals surface area contributed by atoms with E-state index in [1.807, 2.05) is 0 Å². The van der Waals surface area contributed by atoms with Crippen molar-refractivity contribution in [1.29, 1.82) is 0 Å². The molecule has 94 valence electrons. The van der Waals surface area contributed by atoms with Crippen LogP contribution in [0.3, 0.4) is 0 Å². The third kappa shape index (κ3) is 2.38. The summed E-state index contributed by atoms with van der Waals surface area (Å²) >= 11 is 0. The van der Waals surface area contributed by atoms with Crippen LogP contribution in [0.25, 0.3) is 0 Å². The first-order valence-corrected chi connectivity index (χ1v) is 6.43. The summed E-state index contributed by atoms with van der Waals surface area (Å²) in [4.78, 5) is 2.31. The third-order valence-corrected chi connectivity index (χ3v) is 4.31. The summed E-state index contributed by atoms with van der Waals surface area (Å²) in [7, 11) is 2.13. The zero-order valence-corrected chi connectivity index (χ0v) is 11.3. The molecule has 0 aromatic heterocycles. The lowest BCUT2D eigenvalue weighted by Gasteiger charge is -2.41. The van der Waals surface area contributed by atoms with Crippen molar-refractivity contribution in [3.63, 3.8) is 0 Å². The predicted molar refractivity (Wildman–Crippen MR) is 71.1 cm³/mol. The van der Waals surface area contributed by atoms with Crippen molar-refractivity contribution in [3.05, 3.63) is 34.9 Å². The molecule has 1 aliphatic heterocycles. The summed E-state index contributed by atoms with van der Waals surface area (Å²) in [6.07, 6.45) is 1.66. The van der Waals surface area contributed by atoms with Crippen LogP contribution in [0.5, 0.6) is 0 Å². The Balaban J connectivity index is 2.29. The second-order valence-corrected chi connectivity index (χ2v) is 5.61. The Morgan fingerprint density at radius 3 is 2.59 bits per heavy atom. The first-order valence-electron chi connectivity index (χ1n) is 6.43. The summed E-state index contributed by atoms with van der Waals surface area (Å²) in [6, 6.07) is 6.79. The monoisotopic (exact) mass is 233 g/mol. The van der Waals surface area contributed by atoms with Gasteiger partial charge in [-0.25, -0.2) is 0 Å². The Morgan fingerprint density at radius 2 is 2.00 bits per heavy atom. The molecule has 0 radical (unpaired) electrons. The van der Waals surface area contributed by atoms with Gasteiger partial charge in [0.15, 0.2) is 0 Å². The van der Waals surface area contributed by atoms with Crippen LogP contribution >= 0.6 is 0 Å². The van der Waals surface area contributed by atoms with E-state index in [4.69, 9.17) is 0 Å². The van der Waals surface area contributed by atoms with Crippen LogP contribution in [0.15, 0.2) is 18.2 Å². The highest BCUT2D eigenvalue weighted by molar-refractivity contribution is 5.33. The minimum Gasteiger partial charge on any atom is -0.385 e. The minimum atomic E-state index is -0.635. The van der Waals surface area contributed by atoms with Crippen molar-refractivity contribution >= 4 is 0 Å². The van der Waals surface area contributed by atoms with Crippen molar-refractivity contribution in [2.75, 3.05) is 13.6 Å². The van der Waals surface area contributed by atoms with Gasteiger partial charge in [-0.05, 0) is 57.4 Å². The van der Waals surface area contributed by atoms with E-state index < -0.39 is 5.60 Å². The van der Waals surface area contributed by atoms with Crippen LogP contribution in [0, 0.1) is 13.8 Å². The van der Waals surface area contributed by atoms with E-state index in [2.05, 4.69) is 50.9 Å². The number of benzene rings is 1. The number of aryl methyl sites for hydroxylation is 2. The van der Waals surface area contributed by atoms with Gasteiger partial charge in [-0.15, -0.1) is 0 Å². The maximum absolute atomic E-state index is 10.8. The quantitative estimate of drug-likeness (QED) is 0.806. The Morgan fingerprint density at radius 1 is 1.29 bits per heavy atom. The lowest BCUT2D eigenvalue weighted by Crippen LogP contribution is -2.45. The molecule has 17 heavy (non-hydrogen) atoms. The van der Waals surface area contributed by atoms with E-state index in [9.17, 15) is 5.11 Å². The molecule has 0 amide bonds. The molecule has 0 bridgehead atoms. The summed E-state index contributed by atoms with van der Waals surface area (Å²) < 4.78 is 0. The SMILES string of the molecule is Cc1ccc(C2(O)CCN(C)C(C)C2)cc1C. The first kappa shape index (κ1) is 12.6. The molecule has 1 N–H and O–H groups in total. The summed E-state index contributed by atoms with van der Waals surface area (Å²) in [5, 5.41) is 10.8. The van der Waals surface area contributed by atoms with E-state index in [0.717, 1.165) is 24.9 Å². The van der Waals surface area contributed by atoms with Gasteiger partial charge in [0.1, 0.15) is 0 Å². The van der Waals surface area contributed by atoms with Crippen LogP contribution in [-0.2, 0) is 5.60 Å². The standard InChI is InChI=1S/C15H23NO/c1-11-5-6-14(9-12(11)2)15(17)7-8-16(4)13(3)10-15/h5-6,9,13,17H,7-8,10H2,1-4H3. The molecule has 1 aliphatic rings. The van der Waals surface area contributed by atoms with Crippen molar-refractivity contribution in [3.8, 4) is 0 Å². The van der Waals surface area contributed by atoms with Gasteiger partial charge in [0.25, 0.3) is 0 Å². The van der Waals surface area contributed by atoms with Crippen LogP contribution in [0.2, 0.25) is 0 Å². The second-order valence-electron chi connectivity index (χ2n) is 5.61. The van der Waals surface area contributed by atoms with Gasteiger partial charge < -0.3 is 10.0 Å². The zero-order valence-electron chi connectivity index (χ0n) is 11.3. The normalized spacial score (nSPS) is 30.5. The van der Waals surface area contributed by atoms with Crippen molar-refractivity contribution < 1.29 is 5.11 Å². The molecule has 2 atom stereocenters. The summed E-state index contributed by atoms with van der Waals surface area (Å²) in [5.41, 5.74) is 3.01. The van der Waals surface area contributed by atoms with Gasteiger partial charge in [0.05, 0.1) is 5.60 Å². The fourth-order valence-electron chi connectivity index (χ4n) is 2.62. The molecule has 1 fully saturated rings. The lowest BCUT2D eigenvalue weighted by atomic mass is 9.80. The van der Waals surface area contributed by atoms with Crippen molar-refractivity contribution in [1.82, 2.24) is 4.90 Å². The van der Waals surface area contributed by atoms with Crippen LogP contribution in [-0.4, -0.2) is 29.6 Å². The van der Waals surface area contributed by atoms with Crippen LogP contribution in [0.4, 0.5) is 0 Å². The van der Waals surface area contributed by atoms with Gasteiger partial charge in [-0.1, -0.05) is 18.2 Å². The van der Waals surface area contributed by atoms with Crippen molar-refractivity contribution in [2.45, 2.75) is 45.3 Å². The van der Waals surface area contributed by atoms with Gasteiger partial charge in [-0.2, -0.15) is 0 Å². The van der Waals surface area contributed by atoms with Crippen molar-refractivity contribution in [2.24, 2.45) is 0 Å². The molecule has 1 saturated heterocycles. The molecular formula is C15H23NO. The number of nitrogens with zero attached hydrogens (tertiary/aromatic N) is 1. The Kier molecular flexibility index (Phi) is 3.28. The molecule has 2 nitrogen and oxygen atoms in total. The number of hydrogen-bond acceptors (Lipinski definition) is 2. The average molecular weight is 233 g/mol. The number of likely N-dealkylation sites (tertiary alicyclic amines) is 1. The van der Waals surface area contributed by atoms with E-state index >= 15 is 0 Å². The largest absolute Gasteiger partial charge is 0.385 e. The average Bonchev–Trinajstić information content (AvgIpc) is 2.28. The van der Waals surface area contributed by atoms with E-state index in [1.54, 1.807) is 0 Å². The Hall–Kier alpha value is -0.860. The molecule has 1 aromatic carbocycles. The Labute approximate surface area is 104 Å². The van der Waals surface area contributed by atoms with Gasteiger partial charge in [0.2, 0.25) is 0 Å². The topological polar surface area (TPSA) is 23.5 Å². The van der Waals surface area contributed by atoms with E-state index in [0.29, 0.717) is 6.04 Å². The lowest BCUT2D eigenvalue weighted by molar-refractivity contribution is -0.0408. The molecule has 0 spiro atoms. The smallest absolute Gasteiger partial charge is 0.0923 e. The molecule has 2 unspecified atom stereocenters. The maximum atomic E-state index is 10.8. The first-order chi connectivity index (χ1) is 7.92. The summed E-state index contributed by atoms with van der Waals surface area (Å²) in [5.74, 6) is 0. The predicted octanol–water partition coefficient (Wildman–Crippen LogP) is 2.61. The molecule has 1 heterocycles. The van der Waals surface area contributed by atoms with Gasteiger partial charge >= 0.3 is 0 Å². The highest BCUT2D eigenvalue weighted by Gasteiger charge is 2.36. The fraction of sp³-hybridized carbons (Fsp3) is 0.600. The molecule has 2 rings (SSSR count). The number of aliphatic hydroxyl groups is 1. The summed E-state index contributed by atoms with van der Waals surface area (Å²) in [6.45, 7) is 7.37. The molecule has 0 saturated carbocycles. The number of piperidine rings is 1. The third-order valence-electron chi connectivity index (χ3n) is 4.31. The molecule has 0 aliphatic carbocycles. The minimum absolute atomic E-state index is 0.440. The van der Waals surface area contributed by atoms with Crippen LogP contribution < -0.4 is 0 Å². The van der Waals surface area contributed by atoms with Crippen LogP contribution in [0.1, 0.15) is 36.5 Å².